The highest BCUT2D eigenvalue weighted by molar-refractivity contribution is 9.10. The molecule has 0 radical (unpaired) electrons. The number of pyridine rings is 1. The molecule has 2 aromatic rings. The van der Waals surface area contributed by atoms with Crippen LogP contribution >= 0.6 is 15.9 Å². The number of hydrogen-bond acceptors (Lipinski definition) is 4. The molecule has 1 aromatic heterocycles. The van der Waals surface area contributed by atoms with E-state index in [0.717, 1.165) is 10.0 Å². The van der Waals surface area contributed by atoms with Gasteiger partial charge in [-0.1, -0.05) is 28.1 Å². The van der Waals surface area contributed by atoms with E-state index in [-0.39, 0.29) is 10.8 Å². The molecule has 26 heavy (non-hydrogen) atoms. The Balaban J connectivity index is 1.56. The van der Waals surface area contributed by atoms with Crippen molar-refractivity contribution in [2.45, 2.75) is 17.7 Å². The molecule has 0 spiro atoms. The van der Waals surface area contributed by atoms with Gasteiger partial charge in [-0.3, -0.25) is 9.78 Å². The van der Waals surface area contributed by atoms with E-state index < -0.39 is 10.0 Å². The number of sulfonamides is 1. The Morgan fingerprint density at radius 2 is 1.88 bits per heavy atom. The number of piperazine rings is 1. The molecule has 2 heterocycles. The highest BCUT2D eigenvalue weighted by Crippen LogP contribution is 2.21. The van der Waals surface area contributed by atoms with Crippen molar-refractivity contribution >= 4 is 31.9 Å². The first-order valence-corrected chi connectivity index (χ1v) is 10.6. The number of hydrogen-bond donors (Lipinski definition) is 0. The maximum atomic E-state index is 12.7. The molecule has 1 aliphatic rings. The smallest absolute Gasteiger partial charge is 0.243 e. The quantitative estimate of drug-likeness (QED) is 0.719. The van der Waals surface area contributed by atoms with E-state index in [2.05, 4.69) is 20.9 Å². The van der Waals surface area contributed by atoms with E-state index in [9.17, 15) is 13.2 Å². The van der Waals surface area contributed by atoms with Gasteiger partial charge in [0, 0.05) is 49.5 Å². The van der Waals surface area contributed by atoms with Gasteiger partial charge in [-0.05, 0) is 36.2 Å². The Bertz CT molecular complexity index is 866. The molecule has 0 aliphatic carbocycles. The molecule has 1 aliphatic heterocycles. The Hall–Kier alpha value is -1.77. The average Bonchev–Trinajstić information content (AvgIpc) is 2.67. The van der Waals surface area contributed by atoms with Crippen molar-refractivity contribution in [3.8, 4) is 0 Å². The third kappa shape index (κ3) is 4.49. The SMILES string of the molecule is O=C(CCc1cccnc1)N1CCN(S(=O)(=O)c2cccc(Br)c2)CC1. The number of carbonyl (C=O) groups is 1. The van der Waals surface area contributed by atoms with Crippen molar-refractivity contribution in [2.24, 2.45) is 0 Å². The molecule has 0 saturated carbocycles. The van der Waals surface area contributed by atoms with E-state index in [1.54, 1.807) is 41.6 Å². The number of benzene rings is 1. The van der Waals surface area contributed by atoms with E-state index in [4.69, 9.17) is 0 Å². The number of nitrogens with zero attached hydrogens (tertiary/aromatic N) is 3. The Morgan fingerprint density at radius 1 is 1.12 bits per heavy atom. The van der Waals surface area contributed by atoms with Crippen LogP contribution in [-0.4, -0.2) is 54.7 Å². The monoisotopic (exact) mass is 437 g/mol. The van der Waals surface area contributed by atoms with Crippen LogP contribution in [0.4, 0.5) is 0 Å². The van der Waals surface area contributed by atoms with Crippen LogP contribution in [0.15, 0.2) is 58.2 Å². The molecule has 3 rings (SSSR count). The second-order valence-corrected chi connectivity index (χ2v) is 8.96. The molecule has 0 bridgehead atoms. The molecule has 0 atom stereocenters. The average molecular weight is 438 g/mol. The summed E-state index contributed by atoms with van der Waals surface area (Å²) < 4.78 is 27.6. The molecule has 138 valence electrons. The third-order valence-corrected chi connectivity index (χ3v) is 6.76. The molecule has 1 fully saturated rings. The lowest BCUT2D eigenvalue weighted by Gasteiger charge is -2.34. The summed E-state index contributed by atoms with van der Waals surface area (Å²) in [6.45, 7) is 1.46. The zero-order valence-corrected chi connectivity index (χ0v) is 16.6. The first kappa shape index (κ1) is 19.0. The van der Waals surface area contributed by atoms with Crippen molar-refractivity contribution in [1.82, 2.24) is 14.2 Å². The number of rotatable bonds is 5. The fourth-order valence-corrected chi connectivity index (χ4v) is 4.93. The summed E-state index contributed by atoms with van der Waals surface area (Å²) in [5, 5.41) is 0. The van der Waals surface area contributed by atoms with Crippen LogP contribution in [0.5, 0.6) is 0 Å². The largest absolute Gasteiger partial charge is 0.340 e. The molecular formula is C18H20BrN3O3S. The number of aromatic nitrogens is 1. The van der Waals surface area contributed by atoms with E-state index in [1.165, 1.54) is 4.31 Å². The minimum Gasteiger partial charge on any atom is -0.340 e. The van der Waals surface area contributed by atoms with E-state index >= 15 is 0 Å². The molecule has 8 heteroatoms. The number of carbonyl (C=O) groups excluding carboxylic acids is 1. The fraction of sp³-hybridized carbons (Fsp3) is 0.333. The van der Waals surface area contributed by atoms with Crippen molar-refractivity contribution in [2.75, 3.05) is 26.2 Å². The standard InChI is InChI=1S/C18H20BrN3O3S/c19-16-4-1-5-17(13-16)26(24,25)22-11-9-21(10-12-22)18(23)7-6-15-3-2-8-20-14-15/h1-5,8,13-14H,6-7,9-12H2. The van der Waals surface area contributed by atoms with Crippen LogP contribution in [0.2, 0.25) is 0 Å². The predicted molar refractivity (Wildman–Crippen MR) is 102 cm³/mol. The van der Waals surface area contributed by atoms with Crippen LogP contribution in [0.1, 0.15) is 12.0 Å². The fourth-order valence-electron chi connectivity index (χ4n) is 2.91. The van der Waals surface area contributed by atoms with Gasteiger partial charge in [0.05, 0.1) is 4.90 Å². The third-order valence-electron chi connectivity index (χ3n) is 4.38. The van der Waals surface area contributed by atoms with Gasteiger partial charge >= 0.3 is 0 Å². The summed E-state index contributed by atoms with van der Waals surface area (Å²) in [6, 6.07) is 10.5. The van der Waals surface area contributed by atoms with Gasteiger partial charge in [0.1, 0.15) is 0 Å². The molecule has 0 unspecified atom stereocenters. The van der Waals surface area contributed by atoms with Crippen LogP contribution in [0.3, 0.4) is 0 Å². The Morgan fingerprint density at radius 3 is 2.54 bits per heavy atom. The van der Waals surface area contributed by atoms with E-state index in [1.807, 2.05) is 12.1 Å². The van der Waals surface area contributed by atoms with Crippen LogP contribution in [-0.2, 0) is 21.2 Å². The van der Waals surface area contributed by atoms with Crippen LogP contribution < -0.4 is 0 Å². The molecular weight excluding hydrogens is 418 g/mol. The summed E-state index contributed by atoms with van der Waals surface area (Å²) >= 11 is 3.30. The normalized spacial score (nSPS) is 15.8. The van der Waals surface area contributed by atoms with Crippen LogP contribution in [0, 0.1) is 0 Å². The van der Waals surface area contributed by atoms with Crippen molar-refractivity contribution in [3.63, 3.8) is 0 Å². The van der Waals surface area contributed by atoms with Gasteiger partial charge in [-0.25, -0.2) is 8.42 Å². The van der Waals surface area contributed by atoms with Gasteiger partial charge < -0.3 is 4.90 Å². The van der Waals surface area contributed by atoms with Crippen molar-refractivity contribution < 1.29 is 13.2 Å². The van der Waals surface area contributed by atoms with Gasteiger partial charge in [0.25, 0.3) is 0 Å². The zero-order chi connectivity index (χ0) is 18.6. The van der Waals surface area contributed by atoms with Crippen molar-refractivity contribution in [3.05, 3.63) is 58.8 Å². The van der Waals surface area contributed by atoms with Gasteiger partial charge in [0.2, 0.25) is 15.9 Å². The maximum absolute atomic E-state index is 12.7. The molecule has 6 nitrogen and oxygen atoms in total. The van der Waals surface area contributed by atoms with E-state index in [0.29, 0.717) is 39.0 Å². The molecule has 1 aromatic carbocycles. The molecule has 1 amide bonds. The highest BCUT2D eigenvalue weighted by Gasteiger charge is 2.30. The first-order chi connectivity index (χ1) is 12.5. The van der Waals surface area contributed by atoms with Crippen molar-refractivity contribution in [1.29, 1.82) is 0 Å². The number of amides is 1. The van der Waals surface area contributed by atoms with Gasteiger partial charge in [-0.2, -0.15) is 4.31 Å². The predicted octanol–water partition coefficient (Wildman–Crippen LogP) is 2.31. The lowest BCUT2D eigenvalue weighted by Crippen LogP contribution is -2.50. The lowest BCUT2D eigenvalue weighted by atomic mass is 10.1. The summed E-state index contributed by atoms with van der Waals surface area (Å²) in [6.07, 6.45) is 4.51. The summed E-state index contributed by atoms with van der Waals surface area (Å²) in [4.78, 5) is 18.4. The van der Waals surface area contributed by atoms with Crippen LogP contribution in [0.25, 0.3) is 0 Å². The first-order valence-electron chi connectivity index (χ1n) is 8.39. The number of aryl methyl sites for hydroxylation is 1. The molecule has 1 saturated heterocycles. The van der Waals surface area contributed by atoms with Gasteiger partial charge in [-0.15, -0.1) is 0 Å². The summed E-state index contributed by atoms with van der Waals surface area (Å²) in [5.74, 6) is 0.0494. The summed E-state index contributed by atoms with van der Waals surface area (Å²) in [5.41, 5.74) is 1.02. The number of halogens is 1. The Labute approximate surface area is 162 Å². The zero-order valence-electron chi connectivity index (χ0n) is 14.2. The topological polar surface area (TPSA) is 70.6 Å². The minimum atomic E-state index is -3.53. The minimum absolute atomic E-state index is 0.0494. The highest BCUT2D eigenvalue weighted by atomic mass is 79.9. The maximum Gasteiger partial charge on any atom is 0.243 e. The second-order valence-electron chi connectivity index (χ2n) is 6.10. The lowest BCUT2D eigenvalue weighted by molar-refractivity contribution is -0.132. The molecule has 0 N–H and O–H groups in total. The second kappa shape index (κ2) is 8.28. The van der Waals surface area contributed by atoms with Gasteiger partial charge in [0.15, 0.2) is 0 Å². The Kier molecular flexibility index (Phi) is 6.05. The summed E-state index contributed by atoms with van der Waals surface area (Å²) in [7, 11) is -3.53.